The number of benzene rings is 2. The summed E-state index contributed by atoms with van der Waals surface area (Å²) >= 11 is 13.7. The van der Waals surface area contributed by atoms with Gasteiger partial charge in [0.15, 0.2) is 6.61 Å². The minimum absolute atomic E-state index is 0.0364. The monoisotopic (exact) mass is 381 g/mol. The largest absolute Gasteiger partial charge is 0.484 e. The Morgan fingerprint density at radius 3 is 2.83 bits per heavy atom. The van der Waals surface area contributed by atoms with Crippen molar-refractivity contribution in [3.8, 4) is 5.75 Å². The quantitative estimate of drug-likeness (QED) is 0.723. The number of hydrogen-bond donors (Lipinski definition) is 0. The Morgan fingerprint density at radius 2 is 2.04 bits per heavy atom. The summed E-state index contributed by atoms with van der Waals surface area (Å²) in [4.78, 5) is 15.6. The standard InChI is InChI=1S/C18H17Cl2NO2S/c1-12-8-9-21(16-4-2-3-5-17(16)24-12)18(22)11-23-13-6-7-14(19)15(20)10-13/h2-7,10,12H,8-9,11H2,1H3/t12-/m1/s1. The molecule has 24 heavy (non-hydrogen) atoms. The first-order chi connectivity index (χ1) is 11.5. The lowest BCUT2D eigenvalue weighted by molar-refractivity contribution is -0.120. The van der Waals surface area contributed by atoms with Crippen molar-refractivity contribution in [1.29, 1.82) is 0 Å². The third kappa shape index (κ3) is 4.00. The molecule has 0 aromatic heterocycles. The van der Waals surface area contributed by atoms with E-state index in [9.17, 15) is 4.79 Å². The molecular formula is C18H17Cl2NO2S. The summed E-state index contributed by atoms with van der Waals surface area (Å²) in [5.41, 5.74) is 0.953. The smallest absolute Gasteiger partial charge is 0.264 e. The highest BCUT2D eigenvalue weighted by molar-refractivity contribution is 8.00. The van der Waals surface area contributed by atoms with Crippen molar-refractivity contribution in [3.63, 3.8) is 0 Å². The number of amides is 1. The van der Waals surface area contributed by atoms with Crippen LogP contribution in [-0.4, -0.2) is 24.3 Å². The van der Waals surface area contributed by atoms with Crippen molar-refractivity contribution in [3.05, 3.63) is 52.5 Å². The van der Waals surface area contributed by atoms with Gasteiger partial charge in [-0.1, -0.05) is 42.3 Å². The lowest BCUT2D eigenvalue weighted by Gasteiger charge is -2.22. The Labute approximate surface area is 155 Å². The summed E-state index contributed by atoms with van der Waals surface area (Å²) < 4.78 is 5.60. The molecule has 0 fully saturated rings. The number of para-hydroxylation sites is 1. The minimum Gasteiger partial charge on any atom is -0.484 e. The molecule has 126 valence electrons. The Morgan fingerprint density at radius 1 is 1.25 bits per heavy atom. The van der Waals surface area contributed by atoms with Crippen LogP contribution in [0.3, 0.4) is 0 Å². The van der Waals surface area contributed by atoms with Crippen LogP contribution < -0.4 is 9.64 Å². The molecule has 0 unspecified atom stereocenters. The van der Waals surface area contributed by atoms with E-state index in [2.05, 4.69) is 13.0 Å². The van der Waals surface area contributed by atoms with Crippen molar-refractivity contribution in [1.82, 2.24) is 0 Å². The number of fused-ring (bicyclic) bond motifs is 1. The van der Waals surface area contributed by atoms with E-state index in [0.717, 1.165) is 17.0 Å². The highest BCUT2D eigenvalue weighted by Gasteiger charge is 2.24. The second-order valence-corrected chi connectivity index (χ2v) is 7.89. The van der Waals surface area contributed by atoms with E-state index in [4.69, 9.17) is 27.9 Å². The molecule has 0 N–H and O–H groups in total. The fraction of sp³-hybridized carbons (Fsp3) is 0.278. The second kappa shape index (κ2) is 7.68. The first-order valence-corrected chi connectivity index (χ1v) is 9.32. The zero-order valence-electron chi connectivity index (χ0n) is 13.2. The molecule has 2 aromatic carbocycles. The van der Waals surface area contributed by atoms with Crippen LogP contribution in [-0.2, 0) is 4.79 Å². The SMILES string of the molecule is C[C@@H]1CCN(C(=O)COc2ccc(Cl)c(Cl)c2)c2ccccc2S1. The van der Waals surface area contributed by atoms with Gasteiger partial charge in [-0.2, -0.15) is 0 Å². The third-order valence-electron chi connectivity index (χ3n) is 3.80. The molecule has 1 atom stereocenters. The van der Waals surface area contributed by atoms with Gasteiger partial charge in [0.2, 0.25) is 0 Å². The van der Waals surface area contributed by atoms with Gasteiger partial charge in [-0.15, -0.1) is 11.8 Å². The van der Waals surface area contributed by atoms with Gasteiger partial charge < -0.3 is 9.64 Å². The van der Waals surface area contributed by atoms with Crippen LogP contribution >= 0.6 is 35.0 Å². The normalized spacial score (nSPS) is 17.1. The van der Waals surface area contributed by atoms with E-state index < -0.39 is 0 Å². The molecular weight excluding hydrogens is 365 g/mol. The first-order valence-electron chi connectivity index (χ1n) is 7.68. The molecule has 0 bridgehead atoms. The van der Waals surface area contributed by atoms with Gasteiger partial charge in [-0.25, -0.2) is 0 Å². The van der Waals surface area contributed by atoms with Crippen LogP contribution in [0, 0.1) is 0 Å². The zero-order chi connectivity index (χ0) is 17.1. The van der Waals surface area contributed by atoms with Crippen LogP contribution in [0.25, 0.3) is 0 Å². The Kier molecular flexibility index (Phi) is 5.59. The average Bonchev–Trinajstić information content (AvgIpc) is 2.74. The number of carbonyl (C=O) groups excluding carboxylic acids is 1. The molecule has 1 amide bonds. The number of halogens is 2. The Balaban J connectivity index is 1.73. The molecule has 0 saturated carbocycles. The number of thioether (sulfide) groups is 1. The Hall–Kier alpha value is -1.36. The molecule has 3 nitrogen and oxygen atoms in total. The molecule has 1 aliphatic heterocycles. The van der Waals surface area contributed by atoms with Crippen molar-refractivity contribution in [2.45, 2.75) is 23.5 Å². The highest BCUT2D eigenvalue weighted by Crippen LogP contribution is 2.37. The van der Waals surface area contributed by atoms with Crippen LogP contribution in [0.2, 0.25) is 10.0 Å². The van der Waals surface area contributed by atoms with Crippen molar-refractivity contribution in [2.75, 3.05) is 18.1 Å². The number of hydrogen-bond acceptors (Lipinski definition) is 3. The second-order valence-electron chi connectivity index (χ2n) is 5.59. The first kappa shape index (κ1) is 17.5. The number of rotatable bonds is 3. The average molecular weight is 382 g/mol. The molecule has 0 aliphatic carbocycles. The van der Waals surface area contributed by atoms with E-state index in [1.54, 1.807) is 30.0 Å². The molecule has 2 aromatic rings. The molecule has 6 heteroatoms. The Bertz CT molecular complexity index is 754. The molecule has 0 spiro atoms. The highest BCUT2D eigenvalue weighted by atomic mass is 35.5. The predicted molar refractivity (Wildman–Crippen MR) is 101 cm³/mol. The van der Waals surface area contributed by atoms with Gasteiger partial charge >= 0.3 is 0 Å². The van der Waals surface area contributed by atoms with Crippen LogP contribution in [0.5, 0.6) is 5.75 Å². The summed E-state index contributed by atoms with van der Waals surface area (Å²) in [5, 5.41) is 1.34. The summed E-state index contributed by atoms with van der Waals surface area (Å²) in [6, 6.07) is 13.0. The zero-order valence-corrected chi connectivity index (χ0v) is 15.5. The molecule has 1 aliphatic rings. The van der Waals surface area contributed by atoms with E-state index >= 15 is 0 Å². The number of nitrogens with zero attached hydrogens (tertiary/aromatic N) is 1. The lowest BCUT2D eigenvalue weighted by Crippen LogP contribution is -2.36. The number of ether oxygens (including phenoxy) is 1. The maximum absolute atomic E-state index is 12.7. The van der Waals surface area contributed by atoms with E-state index in [1.807, 2.05) is 23.1 Å². The van der Waals surface area contributed by atoms with E-state index in [0.29, 0.717) is 27.6 Å². The van der Waals surface area contributed by atoms with Crippen molar-refractivity contribution < 1.29 is 9.53 Å². The summed E-state index contributed by atoms with van der Waals surface area (Å²) in [7, 11) is 0. The summed E-state index contributed by atoms with van der Waals surface area (Å²) in [6.07, 6.45) is 0.942. The lowest BCUT2D eigenvalue weighted by atomic mass is 10.2. The van der Waals surface area contributed by atoms with E-state index in [-0.39, 0.29) is 12.5 Å². The van der Waals surface area contributed by atoms with Crippen LogP contribution in [0.1, 0.15) is 13.3 Å². The number of anilines is 1. The third-order valence-corrected chi connectivity index (χ3v) is 5.77. The van der Waals surface area contributed by atoms with Crippen LogP contribution in [0.4, 0.5) is 5.69 Å². The minimum atomic E-state index is -0.0665. The van der Waals surface area contributed by atoms with Gasteiger partial charge in [0.05, 0.1) is 15.7 Å². The van der Waals surface area contributed by atoms with Gasteiger partial charge in [0, 0.05) is 22.8 Å². The fourth-order valence-electron chi connectivity index (χ4n) is 2.54. The van der Waals surface area contributed by atoms with Crippen LogP contribution in [0.15, 0.2) is 47.4 Å². The van der Waals surface area contributed by atoms with E-state index in [1.165, 1.54) is 0 Å². The maximum Gasteiger partial charge on any atom is 0.264 e. The molecule has 3 rings (SSSR count). The summed E-state index contributed by atoms with van der Waals surface area (Å²) in [6.45, 7) is 2.84. The van der Waals surface area contributed by atoms with Gasteiger partial charge in [-0.05, 0) is 30.7 Å². The molecule has 0 radical (unpaired) electrons. The molecule has 0 saturated heterocycles. The van der Waals surface area contributed by atoms with Gasteiger partial charge in [0.25, 0.3) is 5.91 Å². The van der Waals surface area contributed by atoms with Crippen molar-refractivity contribution in [2.24, 2.45) is 0 Å². The molecule has 1 heterocycles. The fourth-order valence-corrected chi connectivity index (χ4v) is 3.94. The maximum atomic E-state index is 12.7. The van der Waals surface area contributed by atoms with Crippen molar-refractivity contribution >= 4 is 46.6 Å². The summed E-state index contributed by atoms with van der Waals surface area (Å²) in [5.74, 6) is 0.465. The van der Waals surface area contributed by atoms with Gasteiger partial charge in [-0.3, -0.25) is 4.79 Å². The topological polar surface area (TPSA) is 29.5 Å². The number of carbonyl (C=O) groups is 1. The predicted octanol–water partition coefficient (Wildman–Crippen LogP) is 5.29. The van der Waals surface area contributed by atoms with Gasteiger partial charge in [0.1, 0.15) is 5.75 Å².